The van der Waals surface area contributed by atoms with Gasteiger partial charge in [-0.3, -0.25) is 4.90 Å². The monoisotopic (exact) mass is 401 g/mol. The number of hydrogen-bond donors (Lipinski definition) is 1. The molecule has 0 saturated carbocycles. The highest BCUT2D eigenvalue weighted by Gasteiger charge is 2.18. The number of furan rings is 2. The third-order valence-corrected chi connectivity index (χ3v) is 4.44. The maximum Gasteiger partial charge on any atom is 0.165 e. The number of methoxy groups -OCH3 is 2. The van der Waals surface area contributed by atoms with Crippen LogP contribution >= 0.6 is 0 Å². The SMILES string of the molecule is COc1cccc(CN(Cc2ccco2)C[C@@H](O)COCc2ccco2)c1OC. The molecule has 0 aliphatic carbocycles. The Balaban J connectivity index is 1.64. The lowest BCUT2D eigenvalue weighted by molar-refractivity contribution is 0.00152. The minimum absolute atomic E-state index is 0.199. The summed E-state index contributed by atoms with van der Waals surface area (Å²) in [5, 5.41) is 10.5. The van der Waals surface area contributed by atoms with E-state index in [1.54, 1.807) is 26.7 Å². The summed E-state index contributed by atoms with van der Waals surface area (Å²) in [5.74, 6) is 2.90. The van der Waals surface area contributed by atoms with Gasteiger partial charge < -0.3 is 28.2 Å². The number of para-hydroxylation sites is 1. The molecule has 3 rings (SSSR count). The first-order valence-corrected chi connectivity index (χ1v) is 9.42. The van der Waals surface area contributed by atoms with E-state index in [1.807, 2.05) is 42.5 Å². The Labute approximate surface area is 170 Å². The first-order valence-electron chi connectivity index (χ1n) is 9.42. The smallest absolute Gasteiger partial charge is 0.165 e. The van der Waals surface area contributed by atoms with Crippen molar-refractivity contribution in [2.75, 3.05) is 27.4 Å². The topological polar surface area (TPSA) is 77.4 Å². The van der Waals surface area contributed by atoms with Gasteiger partial charge in [-0.2, -0.15) is 0 Å². The molecule has 0 aliphatic heterocycles. The summed E-state index contributed by atoms with van der Waals surface area (Å²) >= 11 is 0. The van der Waals surface area contributed by atoms with Gasteiger partial charge in [0, 0.05) is 18.7 Å². The zero-order chi connectivity index (χ0) is 20.5. The summed E-state index contributed by atoms with van der Waals surface area (Å²) < 4.78 is 27.2. The summed E-state index contributed by atoms with van der Waals surface area (Å²) in [6.45, 7) is 2.02. The fourth-order valence-corrected chi connectivity index (χ4v) is 3.17. The van der Waals surface area contributed by atoms with E-state index in [9.17, 15) is 5.11 Å². The van der Waals surface area contributed by atoms with Gasteiger partial charge in [-0.1, -0.05) is 12.1 Å². The number of ether oxygens (including phenoxy) is 3. The maximum absolute atomic E-state index is 10.5. The summed E-state index contributed by atoms with van der Waals surface area (Å²) in [6.07, 6.45) is 2.57. The maximum atomic E-state index is 10.5. The molecule has 1 N–H and O–H groups in total. The highest BCUT2D eigenvalue weighted by atomic mass is 16.5. The number of nitrogens with zero attached hydrogens (tertiary/aromatic N) is 1. The van der Waals surface area contributed by atoms with Gasteiger partial charge in [0.1, 0.15) is 18.1 Å². The molecule has 0 saturated heterocycles. The van der Waals surface area contributed by atoms with Gasteiger partial charge in [0.15, 0.2) is 11.5 Å². The average Bonchev–Trinajstić information content (AvgIpc) is 3.42. The second-order valence-electron chi connectivity index (χ2n) is 6.65. The lowest BCUT2D eigenvalue weighted by Gasteiger charge is -2.25. The molecular formula is C22H27NO6. The summed E-state index contributed by atoms with van der Waals surface area (Å²) in [7, 11) is 3.23. The normalized spacial score (nSPS) is 12.3. The minimum atomic E-state index is -0.670. The van der Waals surface area contributed by atoms with Crippen LogP contribution in [0.3, 0.4) is 0 Å². The van der Waals surface area contributed by atoms with Crippen molar-refractivity contribution in [3.05, 3.63) is 72.1 Å². The average molecular weight is 401 g/mol. The van der Waals surface area contributed by atoms with Crippen molar-refractivity contribution in [1.82, 2.24) is 4.90 Å². The van der Waals surface area contributed by atoms with Crippen LogP contribution in [0.1, 0.15) is 17.1 Å². The molecule has 0 spiro atoms. The fraction of sp³-hybridized carbons (Fsp3) is 0.364. The molecular weight excluding hydrogens is 374 g/mol. The molecule has 7 heteroatoms. The van der Waals surface area contributed by atoms with E-state index in [-0.39, 0.29) is 6.61 Å². The first-order chi connectivity index (χ1) is 14.2. The predicted molar refractivity (Wildman–Crippen MR) is 107 cm³/mol. The molecule has 0 unspecified atom stereocenters. The van der Waals surface area contributed by atoms with Gasteiger partial charge in [-0.15, -0.1) is 0 Å². The van der Waals surface area contributed by atoms with Crippen LogP contribution in [-0.4, -0.2) is 43.5 Å². The van der Waals surface area contributed by atoms with Crippen LogP contribution in [0.25, 0.3) is 0 Å². The minimum Gasteiger partial charge on any atom is -0.493 e. The first kappa shape index (κ1) is 21.0. The van der Waals surface area contributed by atoms with Crippen LogP contribution < -0.4 is 9.47 Å². The third-order valence-electron chi connectivity index (χ3n) is 4.44. The zero-order valence-electron chi connectivity index (χ0n) is 16.7. The fourth-order valence-electron chi connectivity index (χ4n) is 3.17. The number of aliphatic hydroxyl groups excluding tert-OH is 1. The molecule has 156 valence electrons. The predicted octanol–water partition coefficient (Wildman–Crippen LogP) is 3.47. The summed E-state index contributed by atoms with van der Waals surface area (Å²) in [4.78, 5) is 2.08. The van der Waals surface area contributed by atoms with E-state index >= 15 is 0 Å². The van der Waals surface area contributed by atoms with Crippen molar-refractivity contribution in [2.45, 2.75) is 25.8 Å². The lowest BCUT2D eigenvalue weighted by atomic mass is 10.1. The van der Waals surface area contributed by atoms with Crippen LogP contribution in [0.5, 0.6) is 11.5 Å². The van der Waals surface area contributed by atoms with Gasteiger partial charge in [-0.25, -0.2) is 0 Å². The molecule has 0 aliphatic rings. The molecule has 7 nitrogen and oxygen atoms in total. The summed E-state index contributed by atoms with van der Waals surface area (Å²) in [5.41, 5.74) is 0.960. The van der Waals surface area contributed by atoms with Crippen LogP contribution in [0.15, 0.2) is 63.8 Å². The standard InChI is InChI=1S/C22H27NO6/c1-25-21-9-3-6-17(22(21)26-2)12-23(14-19-7-4-10-28-19)13-18(24)15-27-16-20-8-5-11-29-20/h3-11,18,24H,12-16H2,1-2H3/t18-/m1/s1. The molecule has 2 aromatic heterocycles. The van der Waals surface area contributed by atoms with Crippen LogP contribution in [-0.2, 0) is 24.4 Å². The highest BCUT2D eigenvalue weighted by Crippen LogP contribution is 2.31. The molecule has 29 heavy (non-hydrogen) atoms. The molecule has 0 bridgehead atoms. The summed E-state index contributed by atoms with van der Waals surface area (Å²) in [6, 6.07) is 13.2. The Kier molecular flexibility index (Phi) is 7.75. The van der Waals surface area contributed by atoms with E-state index in [1.165, 1.54) is 0 Å². The Morgan fingerprint density at radius 2 is 1.69 bits per heavy atom. The van der Waals surface area contributed by atoms with Crippen molar-refractivity contribution in [3.63, 3.8) is 0 Å². The molecule has 0 radical (unpaired) electrons. The van der Waals surface area contributed by atoms with E-state index < -0.39 is 6.10 Å². The Morgan fingerprint density at radius 1 is 0.931 bits per heavy atom. The van der Waals surface area contributed by atoms with Crippen molar-refractivity contribution in [1.29, 1.82) is 0 Å². The van der Waals surface area contributed by atoms with Crippen LogP contribution in [0.4, 0.5) is 0 Å². The molecule has 0 amide bonds. The van der Waals surface area contributed by atoms with Crippen molar-refractivity contribution in [2.24, 2.45) is 0 Å². The van der Waals surface area contributed by atoms with Crippen molar-refractivity contribution < 1.29 is 28.2 Å². The highest BCUT2D eigenvalue weighted by molar-refractivity contribution is 5.46. The van der Waals surface area contributed by atoms with E-state index in [4.69, 9.17) is 23.0 Å². The molecule has 0 fully saturated rings. The van der Waals surface area contributed by atoms with E-state index in [0.29, 0.717) is 37.7 Å². The lowest BCUT2D eigenvalue weighted by Crippen LogP contribution is -2.34. The Bertz CT molecular complexity index is 831. The molecule has 3 aromatic rings. The molecule has 1 aromatic carbocycles. The van der Waals surface area contributed by atoms with Crippen molar-refractivity contribution >= 4 is 0 Å². The number of aliphatic hydroxyl groups is 1. The Hall–Kier alpha value is -2.74. The van der Waals surface area contributed by atoms with Gasteiger partial charge in [-0.05, 0) is 30.3 Å². The largest absolute Gasteiger partial charge is 0.493 e. The number of hydrogen-bond acceptors (Lipinski definition) is 7. The van der Waals surface area contributed by atoms with Crippen LogP contribution in [0.2, 0.25) is 0 Å². The quantitative estimate of drug-likeness (QED) is 0.498. The van der Waals surface area contributed by atoms with E-state index in [0.717, 1.165) is 17.1 Å². The van der Waals surface area contributed by atoms with Gasteiger partial charge in [0.05, 0.1) is 46.0 Å². The number of rotatable bonds is 12. The third kappa shape index (κ3) is 6.12. The van der Waals surface area contributed by atoms with Crippen LogP contribution in [0, 0.1) is 0 Å². The van der Waals surface area contributed by atoms with Gasteiger partial charge >= 0.3 is 0 Å². The number of benzene rings is 1. The zero-order valence-corrected chi connectivity index (χ0v) is 16.7. The van der Waals surface area contributed by atoms with E-state index in [2.05, 4.69) is 4.90 Å². The second kappa shape index (κ2) is 10.7. The van der Waals surface area contributed by atoms with Gasteiger partial charge in [0.2, 0.25) is 0 Å². The molecule has 2 heterocycles. The Morgan fingerprint density at radius 3 is 2.34 bits per heavy atom. The second-order valence-corrected chi connectivity index (χ2v) is 6.65. The molecule has 1 atom stereocenters. The van der Waals surface area contributed by atoms with Crippen molar-refractivity contribution in [3.8, 4) is 11.5 Å². The van der Waals surface area contributed by atoms with Gasteiger partial charge in [0.25, 0.3) is 0 Å².